The van der Waals surface area contributed by atoms with Crippen LogP contribution in [0, 0.1) is 11.8 Å². The summed E-state index contributed by atoms with van der Waals surface area (Å²) < 4.78 is 0. The van der Waals surface area contributed by atoms with E-state index in [1.54, 1.807) is 0 Å². The average molecular weight is 256 g/mol. The summed E-state index contributed by atoms with van der Waals surface area (Å²) in [6.07, 6.45) is 6.83. The molecule has 0 aromatic heterocycles. The fourth-order valence-corrected chi connectivity index (χ4v) is 2.64. The van der Waals surface area contributed by atoms with Crippen LogP contribution < -0.4 is 5.73 Å². The molecular weight excluding hydrogens is 232 g/mol. The Morgan fingerprint density at radius 1 is 1.00 bits per heavy atom. The van der Waals surface area contributed by atoms with Gasteiger partial charge in [-0.3, -0.25) is 4.90 Å². The number of hydrogen-bond acceptors (Lipinski definition) is 2. The van der Waals surface area contributed by atoms with E-state index in [0.29, 0.717) is 6.54 Å². The van der Waals surface area contributed by atoms with Gasteiger partial charge in [0.25, 0.3) is 0 Å². The highest BCUT2D eigenvalue weighted by molar-refractivity contribution is 5.41. The molecular formula is C17H24N2. The number of hydrogen-bond donors (Lipinski definition) is 1. The second-order valence-electron chi connectivity index (χ2n) is 5.21. The summed E-state index contributed by atoms with van der Waals surface area (Å²) in [7, 11) is 0. The highest BCUT2D eigenvalue weighted by Gasteiger charge is 2.10. The van der Waals surface area contributed by atoms with Crippen molar-refractivity contribution in [3.05, 3.63) is 35.4 Å². The van der Waals surface area contributed by atoms with Crippen LogP contribution in [0.4, 0.5) is 0 Å². The summed E-state index contributed by atoms with van der Waals surface area (Å²) in [6.45, 7) is 3.89. The highest BCUT2D eigenvalue weighted by atomic mass is 15.1. The number of rotatable bonds is 2. The Labute approximate surface area is 117 Å². The molecule has 0 spiro atoms. The van der Waals surface area contributed by atoms with Crippen molar-refractivity contribution in [2.75, 3.05) is 19.6 Å². The van der Waals surface area contributed by atoms with Gasteiger partial charge in [0.2, 0.25) is 0 Å². The number of benzene rings is 1. The SMILES string of the molecule is NCC#Cc1ccccc1CN1CCCCCCC1. The summed E-state index contributed by atoms with van der Waals surface area (Å²) in [6, 6.07) is 8.45. The van der Waals surface area contributed by atoms with Gasteiger partial charge < -0.3 is 5.73 Å². The van der Waals surface area contributed by atoms with Crippen molar-refractivity contribution >= 4 is 0 Å². The molecule has 1 saturated heterocycles. The third kappa shape index (κ3) is 4.70. The minimum atomic E-state index is 0.429. The van der Waals surface area contributed by atoms with Gasteiger partial charge in [0.1, 0.15) is 0 Å². The van der Waals surface area contributed by atoms with Crippen LogP contribution in [0.2, 0.25) is 0 Å². The molecule has 1 aliphatic rings. The largest absolute Gasteiger partial charge is 0.320 e. The summed E-state index contributed by atoms with van der Waals surface area (Å²) in [5.41, 5.74) is 7.94. The molecule has 1 aliphatic heterocycles. The fourth-order valence-electron chi connectivity index (χ4n) is 2.64. The molecule has 0 bridgehead atoms. The molecule has 102 valence electrons. The van der Waals surface area contributed by atoms with Gasteiger partial charge in [-0.15, -0.1) is 0 Å². The van der Waals surface area contributed by atoms with Gasteiger partial charge in [0.05, 0.1) is 6.54 Å². The third-order valence-corrected chi connectivity index (χ3v) is 3.69. The van der Waals surface area contributed by atoms with Crippen molar-refractivity contribution in [1.29, 1.82) is 0 Å². The minimum Gasteiger partial charge on any atom is -0.320 e. The van der Waals surface area contributed by atoms with Crippen molar-refractivity contribution in [3.8, 4) is 11.8 Å². The zero-order chi connectivity index (χ0) is 13.3. The van der Waals surface area contributed by atoms with Crippen molar-refractivity contribution in [2.24, 2.45) is 5.73 Å². The van der Waals surface area contributed by atoms with Crippen LogP contribution in [-0.2, 0) is 6.54 Å². The molecule has 1 aromatic carbocycles. The lowest BCUT2D eigenvalue weighted by atomic mass is 10.0. The Morgan fingerprint density at radius 2 is 1.68 bits per heavy atom. The Bertz CT molecular complexity index is 434. The predicted octanol–water partition coefficient (Wildman–Crippen LogP) is 2.76. The molecule has 2 rings (SSSR count). The lowest BCUT2D eigenvalue weighted by molar-refractivity contribution is 0.239. The van der Waals surface area contributed by atoms with Crippen LogP contribution in [0.3, 0.4) is 0 Å². The molecule has 2 nitrogen and oxygen atoms in total. The highest BCUT2D eigenvalue weighted by Crippen LogP contribution is 2.15. The van der Waals surface area contributed by atoms with Crippen LogP contribution >= 0.6 is 0 Å². The zero-order valence-corrected chi connectivity index (χ0v) is 11.7. The molecule has 0 atom stereocenters. The predicted molar refractivity (Wildman–Crippen MR) is 80.7 cm³/mol. The van der Waals surface area contributed by atoms with E-state index in [0.717, 1.165) is 12.1 Å². The number of likely N-dealkylation sites (tertiary alicyclic amines) is 1. The molecule has 0 unspecified atom stereocenters. The summed E-state index contributed by atoms with van der Waals surface area (Å²) >= 11 is 0. The van der Waals surface area contributed by atoms with Gasteiger partial charge >= 0.3 is 0 Å². The van der Waals surface area contributed by atoms with E-state index < -0.39 is 0 Å². The van der Waals surface area contributed by atoms with E-state index in [9.17, 15) is 0 Å². The molecule has 2 N–H and O–H groups in total. The quantitative estimate of drug-likeness (QED) is 0.824. The lowest BCUT2D eigenvalue weighted by Gasteiger charge is -2.25. The monoisotopic (exact) mass is 256 g/mol. The van der Waals surface area contributed by atoms with Crippen molar-refractivity contribution in [2.45, 2.75) is 38.6 Å². The van der Waals surface area contributed by atoms with Crippen LogP contribution in [0.15, 0.2) is 24.3 Å². The molecule has 1 fully saturated rings. The van der Waals surface area contributed by atoms with E-state index in [4.69, 9.17) is 5.73 Å². The molecule has 0 radical (unpaired) electrons. The van der Waals surface area contributed by atoms with Gasteiger partial charge in [-0.05, 0) is 37.6 Å². The summed E-state index contributed by atoms with van der Waals surface area (Å²) in [4.78, 5) is 2.57. The van der Waals surface area contributed by atoms with Crippen molar-refractivity contribution in [3.63, 3.8) is 0 Å². The molecule has 0 saturated carbocycles. The van der Waals surface area contributed by atoms with E-state index in [1.807, 2.05) is 0 Å². The van der Waals surface area contributed by atoms with E-state index in [-0.39, 0.29) is 0 Å². The average Bonchev–Trinajstić information content (AvgIpc) is 2.40. The first-order chi connectivity index (χ1) is 9.40. The molecule has 1 aromatic rings. The van der Waals surface area contributed by atoms with Crippen LogP contribution in [-0.4, -0.2) is 24.5 Å². The fraction of sp³-hybridized carbons (Fsp3) is 0.529. The maximum atomic E-state index is 5.46. The zero-order valence-electron chi connectivity index (χ0n) is 11.7. The minimum absolute atomic E-state index is 0.429. The normalized spacial score (nSPS) is 17.1. The standard InChI is InChI=1S/C17H24N2/c18-12-8-11-16-9-4-5-10-17(16)15-19-13-6-2-1-3-7-14-19/h4-5,9-10H,1-3,6-7,12-15,18H2. The summed E-state index contributed by atoms with van der Waals surface area (Å²) in [5, 5.41) is 0. The van der Waals surface area contributed by atoms with Crippen LogP contribution in [0.25, 0.3) is 0 Å². The van der Waals surface area contributed by atoms with Crippen LogP contribution in [0.5, 0.6) is 0 Å². The number of nitrogens with two attached hydrogens (primary N) is 1. The second kappa shape index (κ2) is 7.99. The maximum absolute atomic E-state index is 5.46. The Balaban J connectivity index is 2.04. The first-order valence-corrected chi connectivity index (χ1v) is 7.39. The topological polar surface area (TPSA) is 29.3 Å². The number of nitrogens with zero attached hydrogens (tertiary/aromatic N) is 1. The molecule has 0 aliphatic carbocycles. The molecule has 2 heteroatoms. The third-order valence-electron chi connectivity index (χ3n) is 3.69. The Hall–Kier alpha value is -1.30. The van der Waals surface area contributed by atoms with Gasteiger partial charge in [0, 0.05) is 12.1 Å². The molecule has 1 heterocycles. The van der Waals surface area contributed by atoms with Gasteiger partial charge in [-0.2, -0.15) is 0 Å². The van der Waals surface area contributed by atoms with Gasteiger partial charge in [-0.1, -0.05) is 49.3 Å². The lowest BCUT2D eigenvalue weighted by Crippen LogP contribution is -2.27. The van der Waals surface area contributed by atoms with E-state index in [1.165, 1.54) is 50.8 Å². The summed E-state index contributed by atoms with van der Waals surface area (Å²) in [5.74, 6) is 6.15. The van der Waals surface area contributed by atoms with Crippen molar-refractivity contribution < 1.29 is 0 Å². The Kier molecular flexibility index (Phi) is 5.94. The van der Waals surface area contributed by atoms with E-state index >= 15 is 0 Å². The molecule has 19 heavy (non-hydrogen) atoms. The molecule has 0 amide bonds. The maximum Gasteiger partial charge on any atom is 0.0555 e. The first-order valence-electron chi connectivity index (χ1n) is 7.39. The van der Waals surface area contributed by atoms with E-state index in [2.05, 4.69) is 41.0 Å². The van der Waals surface area contributed by atoms with Crippen LogP contribution in [0.1, 0.15) is 43.2 Å². The van der Waals surface area contributed by atoms with Gasteiger partial charge in [-0.25, -0.2) is 0 Å². The van der Waals surface area contributed by atoms with Gasteiger partial charge in [0.15, 0.2) is 0 Å². The van der Waals surface area contributed by atoms with Crippen molar-refractivity contribution in [1.82, 2.24) is 4.90 Å². The Morgan fingerprint density at radius 3 is 2.42 bits per heavy atom. The first kappa shape index (κ1) is 14.1. The second-order valence-corrected chi connectivity index (χ2v) is 5.21. The smallest absolute Gasteiger partial charge is 0.0555 e.